The molecule has 1 unspecified atom stereocenters. The first-order chi connectivity index (χ1) is 9.06. The average molecular weight is 266 g/mol. The van der Waals surface area contributed by atoms with Gasteiger partial charge in [0.25, 0.3) is 0 Å². The third-order valence-electron chi connectivity index (χ3n) is 3.75. The Morgan fingerprint density at radius 1 is 1.47 bits per heavy atom. The summed E-state index contributed by atoms with van der Waals surface area (Å²) in [7, 11) is 3.59. The van der Waals surface area contributed by atoms with Crippen LogP contribution in [0.5, 0.6) is 0 Å². The summed E-state index contributed by atoms with van der Waals surface area (Å²) in [5, 5.41) is 12.3. The highest BCUT2D eigenvalue weighted by molar-refractivity contribution is 5.77. The lowest BCUT2D eigenvalue weighted by Gasteiger charge is -2.34. The zero-order chi connectivity index (χ0) is 14.3. The summed E-state index contributed by atoms with van der Waals surface area (Å²) in [5.74, 6) is 0.169. The summed E-state index contributed by atoms with van der Waals surface area (Å²) in [6.07, 6.45) is 3.69. The average Bonchev–Trinajstić information content (AvgIpc) is 2.40. The van der Waals surface area contributed by atoms with Crippen molar-refractivity contribution >= 4 is 5.91 Å². The van der Waals surface area contributed by atoms with Gasteiger partial charge in [-0.05, 0) is 19.3 Å². The third-order valence-corrected chi connectivity index (χ3v) is 3.75. The van der Waals surface area contributed by atoms with Gasteiger partial charge in [0, 0.05) is 39.3 Å². The second-order valence-corrected chi connectivity index (χ2v) is 5.47. The standard InChI is InChI=1S/C14H26N4O/c1-4-12(5-8-15)16-13-6-9-18(10-7-13)11-14(19)17(2)3/h12-13,16H,4-7,9-11H2,1-3H3. The molecule has 5 heteroatoms. The van der Waals surface area contributed by atoms with Crippen LogP contribution in [0.2, 0.25) is 0 Å². The molecule has 1 saturated heterocycles. The first-order valence-electron chi connectivity index (χ1n) is 7.12. The minimum Gasteiger partial charge on any atom is -0.348 e. The molecule has 108 valence electrons. The molecule has 1 aliphatic rings. The van der Waals surface area contributed by atoms with Gasteiger partial charge < -0.3 is 10.2 Å². The van der Waals surface area contributed by atoms with E-state index in [1.54, 1.807) is 19.0 Å². The monoisotopic (exact) mass is 266 g/mol. The molecule has 0 aromatic rings. The minimum absolute atomic E-state index is 0.169. The SMILES string of the molecule is CCC(CC#N)NC1CCN(CC(=O)N(C)C)CC1. The van der Waals surface area contributed by atoms with E-state index >= 15 is 0 Å². The van der Waals surface area contributed by atoms with Crippen LogP contribution in [-0.4, -0.2) is 61.5 Å². The summed E-state index contributed by atoms with van der Waals surface area (Å²) in [4.78, 5) is 15.5. The van der Waals surface area contributed by atoms with Crippen LogP contribution in [0.3, 0.4) is 0 Å². The van der Waals surface area contributed by atoms with E-state index in [9.17, 15) is 4.79 Å². The van der Waals surface area contributed by atoms with Crippen molar-refractivity contribution in [1.29, 1.82) is 5.26 Å². The number of hydrogen-bond donors (Lipinski definition) is 1. The second kappa shape index (κ2) is 8.13. The lowest BCUT2D eigenvalue weighted by Crippen LogP contribution is -2.48. The maximum absolute atomic E-state index is 11.6. The van der Waals surface area contributed by atoms with Gasteiger partial charge in [-0.1, -0.05) is 6.92 Å². The molecule has 0 bridgehead atoms. The Labute approximate surface area is 116 Å². The fourth-order valence-corrected chi connectivity index (χ4v) is 2.36. The molecule has 19 heavy (non-hydrogen) atoms. The van der Waals surface area contributed by atoms with Gasteiger partial charge in [0.2, 0.25) is 5.91 Å². The van der Waals surface area contributed by atoms with Crippen molar-refractivity contribution < 1.29 is 4.79 Å². The Morgan fingerprint density at radius 2 is 2.11 bits per heavy atom. The fourth-order valence-electron chi connectivity index (χ4n) is 2.36. The number of amides is 1. The van der Waals surface area contributed by atoms with E-state index in [1.807, 2.05) is 0 Å². The molecule has 1 N–H and O–H groups in total. The highest BCUT2D eigenvalue weighted by atomic mass is 16.2. The van der Waals surface area contributed by atoms with Crippen molar-refractivity contribution in [1.82, 2.24) is 15.1 Å². The molecule has 1 atom stereocenters. The topological polar surface area (TPSA) is 59.4 Å². The van der Waals surface area contributed by atoms with Crippen LogP contribution in [0.4, 0.5) is 0 Å². The normalized spacial score (nSPS) is 18.8. The lowest BCUT2D eigenvalue weighted by atomic mass is 10.0. The smallest absolute Gasteiger partial charge is 0.236 e. The van der Waals surface area contributed by atoms with E-state index in [2.05, 4.69) is 23.2 Å². The van der Waals surface area contributed by atoms with Crippen LogP contribution in [-0.2, 0) is 4.79 Å². The molecule has 1 aliphatic heterocycles. The fraction of sp³-hybridized carbons (Fsp3) is 0.857. The van der Waals surface area contributed by atoms with E-state index in [1.165, 1.54) is 0 Å². The van der Waals surface area contributed by atoms with Gasteiger partial charge in [-0.2, -0.15) is 5.26 Å². The van der Waals surface area contributed by atoms with Crippen LogP contribution in [0.1, 0.15) is 32.6 Å². The molecule has 0 spiro atoms. The van der Waals surface area contributed by atoms with Crippen LogP contribution >= 0.6 is 0 Å². The largest absolute Gasteiger partial charge is 0.348 e. The maximum Gasteiger partial charge on any atom is 0.236 e. The molecule has 0 aromatic carbocycles. The molecular formula is C14H26N4O. The van der Waals surface area contributed by atoms with Crippen LogP contribution < -0.4 is 5.32 Å². The molecule has 0 aliphatic carbocycles. The quantitative estimate of drug-likeness (QED) is 0.773. The number of carbonyl (C=O) groups is 1. The number of nitrogens with zero attached hydrogens (tertiary/aromatic N) is 3. The van der Waals surface area contributed by atoms with Crippen molar-refractivity contribution in [2.24, 2.45) is 0 Å². The van der Waals surface area contributed by atoms with E-state index in [0.29, 0.717) is 25.0 Å². The Morgan fingerprint density at radius 3 is 2.58 bits per heavy atom. The van der Waals surface area contributed by atoms with Crippen molar-refractivity contribution in [2.75, 3.05) is 33.7 Å². The third kappa shape index (κ3) is 5.58. The number of likely N-dealkylation sites (N-methyl/N-ethyl adjacent to an activating group) is 1. The van der Waals surface area contributed by atoms with Crippen molar-refractivity contribution in [2.45, 2.75) is 44.7 Å². The molecule has 1 amide bonds. The number of rotatable bonds is 6. The summed E-state index contributed by atoms with van der Waals surface area (Å²) in [6.45, 7) is 4.55. The van der Waals surface area contributed by atoms with Crippen molar-refractivity contribution in [3.63, 3.8) is 0 Å². The summed E-state index contributed by atoms with van der Waals surface area (Å²) in [6, 6.07) is 3.03. The van der Waals surface area contributed by atoms with E-state index in [4.69, 9.17) is 5.26 Å². The summed E-state index contributed by atoms with van der Waals surface area (Å²) in [5.41, 5.74) is 0. The Bertz CT molecular complexity index is 316. The van der Waals surface area contributed by atoms with E-state index in [-0.39, 0.29) is 5.91 Å². The Kier molecular flexibility index (Phi) is 6.82. The van der Waals surface area contributed by atoms with Gasteiger partial charge in [0.1, 0.15) is 0 Å². The second-order valence-electron chi connectivity index (χ2n) is 5.47. The number of carbonyl (C=O) groups excluding carboxylic acids is 1. The molecule has 1 fully saturated rings. The predicted molar refractivity (Wildman–Crippen MR) is 75.6 cm³/mol. The highest BCUT2D eigenvalue weighted by Gasteiger charge is 2.22. The van der Waals surface area contributed by atoms with Gasteiger partial charge in [0.05, 0.1) is 19.0 Å². The lowest BCUT2D eigenvalue weighted by molar-refractivity contribution is -0.130. The number of hydrogen-bond acceptors (Lipinski definition) is 4. The number of nitriles is 1. The number of nitrogens with one attached hydrogen (secondary N) is 1. The van der Waals surface area contributed by atoms with Crippen molar-refractivity contribution in [3.05, 3.63) is 0 Å². The Balaban J connectivity index is 2.29. The van der Waals surface area contributed by atoms with Gasteiger partial charge in [-0.15, -0.1) is 0 Å². The van der Waals surface area contributed by atoms with Gasteiger partial charge in [-0.25, -0.2) is 0 Å². The zero-order valence-corrected chi connectivity index (χ0v) is 12.4. The zero-order valence-electron chi connectivity index (χ0n) is 12.4. The number of piperidine rings is 1. The van der Waals surface area contributed by atoms with E-state index in [0.717, 1.165) is 32.4 Å². The van der Waals surface area contributed by atoms with Crippen LogP contribution in [0.25, 0.3) is 0 Å². The Hall–Kier alpha value is -1.12. The highest BCUT2D eigenvalue weighted by Crippen LogP contribution is 2.12. The first-order valence-corrected chi connectivity index (χ1v) is 7.12. The molecule has 5 nitrogen and oxygen atoms in total. The van der Waals surface area contributed by atoms with Crippen LogP contribution in [0.15, 0.2) is 0 Å². The maximum atomic E-state index is 11.6. The molecular weight excluding hydrogens is 240 g/mol. The van der Waals surface area contributed by atoms with E-state index < -0.39 is 0 Å². The van der Waals surface area contributed by atoms with Gasteiger partial charge in [0.15, 0.2) is 0 Å². The minimum atomic E-state index is 0.169. The molecule has 1 heterocycles. The van der Waals surface area contributed by atoms with Gasteiger partial charge >= 0.3 is 0 Å². The molecule has 0 radical (unpaired) electrons. The summed E-state index contributed by atoms with van der Waals surface area (Å²) >= 11 is 0. The number of likely N-dealkylation sites (tertiary alicyclic amines) is 1. The summed E-state index contributed by atoms with van der Waals surface area (Å²) < 4.78 is 0. The molecule has 0 aromatic heterocycles. The molecule has 1 rings (SSSR count). The van der Waals surface area contributed by atoms with Crippen molar-refractivity contribution in [3.8, 4) is 6.07 Å². The molecule has 0 saturated carbocycles. The van der Waals surface area contributed by atoms with Gasteiger partial charge in [-0.3, -0.25) is 9.69 Å². The van der Waals surface area contributed by atoms with Crippen LogP contribution in [0, 0.1) is 11.3 Å². The predicted octanol–water partition coefficient (Wildman–Crippen LogP) is 0.821. The first kappa shape index (κ1) is 15.9.